The van der Waals surface area contributed by atoms with Gasteiger partial charge < -0.3 is 5.32 Å². The molecule has 28 heavy (non-hydrogen) atoms. The summed E-state index contributed by atoms with van der Waals surface area (Å²) >= 11 is 1.62. The second-order valence-electron chi connectivity index (χ2n) is 7.25. The summed E-state index contributed by atoms with van der Waals surface area (Å²) in [4.78, 5) is 26.6. The summed E-state index contributed by atoms with van der Waals surface area (Å²) in [7, 11) is 0. The SMILES string of the molecule is CCCCCCC(=O)Nc1cccc([C@@H]2SCC(=O)N2c2cccc(C)c2)c1. The summed E-state index contributed by atoms with van der Waals surface area (Å²) in [6.45, 7) is 4.19. The van der Waals surface area contributed by atoms with Gasteiger partial charge in [-0.1, -0.05) is 50.5 Å². The highest BCUT2D eigenvalue weighted by atomic mass is 32.2. The zero-order valence-electron chi connectivity index (χ0n) is 16.6. The van der Waals surface area contributed by atoms with Gasteiger partial charge in [-0.2, -0.15) is 0 Å². The average Bonchev–Trinajstić information content (AvgIpc) is 3.07. The Balaban J connectivity index is 1.72. The highest BCUT2D eigenvalue weighted by Crippen LogP contribution is 2.42. The monoisotopic (exact) mass is 396 g/mol. The number of anilines is 2. The zero-order chi connectivity index (χ0) is 19.9. The van der Waals surface area contributed by atoms with Gasteiger partial charge >= 0.3 is 0 Å². The first kappa shape index (κ1) is 20.5. The summed E-state index contributed by atoms with van der Waals surface area (Å²) in [5.41, 5.74) is 3.87. The molecule has 1 aliphatic rings. The number of thioether (sulfide) groups is 1. The quantitative estimate of drug-likeness (QED) is 0.584. The Morgan fingerprint density at radius 1 is 1.14 bits per heavy atom. The maximum Gasteiger partial charge on any atom is 0.238 e. The van der Waals surface area contributed by atoms with Crippen molar-refractivity contribution < 1.29 is 9.59 Å². The van der Waals surface area contributed by atoms with Crippen molar-refractivity contribution in [2.75, 3.05) is 16.0 Å². The average molecular weight is 397 g/mol. The number of nitrogens with one attached hydrogen (secondary N) is 1. The van der Waals surface area contributed by atoms with Crippen LogP contribution in [0.3, 0.4) is 0 Å². The van der Waals surface area contributed by atoms with Crippen LogP contribution in [0, 0.1) is 6.92 Å². The molecule has 148 valence electrons. The maximum absolute atomic E-state index is 12.5. The first-order valence-electron chi connectivity index (χ1n) is 9.98. The van der Waals surface area contributed by atoms with Gasteiger partial charge in [-0.25, -0.2) is 0 Å². The van der Waals surface area contributed by atoms with Crippen molar-refractivity contribution in [3.8, 4) is 0 Å². The summed E-state index contributed by atoms with van der Waals surface area (Å²) in [5, 5.41) is 2.93. The minimum atomic E-state index is -0.0734. The van der Waals surface area contributed by atoms with Crippen LogP contribution in [0.25, 0.3) is 0 Å². The molecule has 1 atom stereocenters. The molecule has 0 saturated carbocycles. The van der Waals surface area contributed by atoms with E-state index < -0.39 is 0 Å². The first-order chi connectivity index (χ1) is 13.6. The molecule has 4 nitrogen and oxygen atoms in total. The lowest BCUT2D eigenvalue weighted by molar-refractivity contribution is -0.117. The van der Waals surface area contributed by atoms with Crippen molar-refractivity contribution in [3.63, 3.8) is 0 Å². The van der Waals surface area contributed by atoms with E-state index in [-0.39, 0.29) is 17.2 Å². The van der Waals surface area contributed by atoms with E-state index >= 15 is 0 Å². The topological polar surface area (TPSA) is 49.4 Å². The number of amides is 2. The van der Waals surface area contributed by atoms with Crippen molar-refractivity contribution >= 4 is 35.0 Å². The van der Waals surface area contributed by atoms with Crippen LogP contribution < -0.4 is 10.2 Å². The van der Waals surface area contributed by atoms with E-state index in [1.54, 1.807) is 11.8 Å². The van der Waals surface area contributed by atoms with Crippen LogP contribution in [0.4, 0.5) is 11.4 Å². The van der Waals surface area contributed by atoms with Crippen molar-refractivity contribution in [2.45, 2.75) is 51.3 Å². The Morgan fingerprint density at radius 3 is 2.75 bits per heavy atom. The normalized spacial score (nSPS) is 16.4. The van der Waals surface area contributed by atoms with Crippen molar-refractivity contribution in [1.82, 2.24) is 0 Å². The van der Waals surface area contributed by atoms with Gasteiger partial charge in [0.05, 0.1) is 5.75 Å². The Hall–Kier alpha value is -2.27. The number of hydrogen-bond donors (Lipinski definition) is 1. The molecule has 1 saturated heterocycles. The predicted octanol–water partition coefficient (Wildman–Crippen LogP) is 5.68. The van der Waals surface area contributed by atoms with Crippen LogP contribution in [0.5, 0.6) is 0 Å². The van der Waals surface area contributed by atoms with Crippen LogP contribution in [0.2, 0.25) is 0 Å². The van der Waals surface area contributed by atoms with E-state index in [9.17, 15) is 9.59 Å². The Kier molecular flexibility index (Phi) is 7.15. The third kappa shape index (κ3) is 5.16. The fourth-order valence-corrected chi connectivity index (χ4v) is 4.60. The molecule has 2 aromatic carbocycles. The van der Waals surface area contributed by atoms with E-state index in [1.165, 1.54) is 12.8 Å². The molecule has 2 aromatic rings. The summed E-state index contributed by atoms with van der Waals surface area (Å²) < 4.78 is 0. The number of hydrogen-bond acceptors (Lipinski definition) is 3. The van der Waals surface area contributed by atoms with Gasteiger partial charge in [-0.3, -0.25) is 14.5 Å². The smallest absolute Gasteiger partial charge is 0.238 e. The van der Waals surface area contributed by atoms with E-state index in [4.69, 9.17) is 0 Å². The van der Waals surface area contributed by atoms with Gasteiger partial charge in [0.2, 0.25) is 11.8 Å². The highest BCUT2D eigenvalue weighted by Gasteiger charge is 2.34. The minimum Gasteiger partial charge on any atom is -0.326 e. The third-order valence-corrected chi connectivity index (χ3v) is 6.07. The van der Waals surface area contributed by atoms with E-state index in [0.717, 1.165) is 35.3 Å². The number of carbonyl (C=O) groups is 2. The number of unbranched alkanes of at least 4 members (excludes halogenated alkanes) is 3. The Bertz CT molecular complexity index is 837. The fraction of sp³-hybridized carbons (Fsp3) is 0.391. The lowest BCUT2D eigenvalue weighted by Gasteiger charge is -2.25. The predicted molar refractivity (Wildman–Crippen MR) is 118 cm³/mol. The third-order valence-electron chi connectivity index (χ3n) is 4.86. The second-order valence-corrected chi connectivity index (χ2v) is 8.32. The van der Waals surface area contributed by atoms with Gasteiger partial charge in [0.25, 0.3) is 0 Å². The molecular weight excluding hydrogens is 368 g/mol. The van der Waals surface area contributed by atoms with E-state index in [2.05, 4.69) is 12.2 Å². The van der Waals surface area contributed by atoms with Gasteiger partial charge in [0.1, 0.15) is 5.37 Å². The minimum absolute atomic E-state index is 0.0546. The van der Waals surface area contributed by atoms with Crippen LogP contribution in [-0.2, 0) is 9.59 Å². The number of nitrogens with zero attached hydrogens (tertiary/aromatic N) is 1. The molecule has 1 heterocycles. The first-order valence-corrected chi connectivity index (χ1v) is 11.0. The number of rotatable bonds is 8. The van der Waals surface area contributed by atoms with Crippen LogP contribution in [-0.4, -0.2) is 17.6 Å². The molecule has 0 unspecified atom stereocenters. The molecule has 1 fully saturated rings. The van der Waals surface area contributed by atoms with Gasteiger partial charge in [-0.05, 0) is 48.7 Å². The van der Waals surface area contributed by atoms with Gasteiger partial charge in [0, 0.05) is 17.8 Å². The second kappa shape index (κ2) is 9.78. The van der Waals surface area contributed by atoms with Crippen molar-refractivity contribution in [3.05, 3.63) is 59.7 Å². The van der Waals surface area contributed by atoms with E-state index in [0.29, 0.717) is 12.2 Å². The highest BCUT2D eigenvalue weighted by molar-refractivity contribution is 8.00. The summed E-state index contributed by atoms with van der Waals surface area (Å²) in [6, 6.07) is 15.9. The maximum atomic E-state index is 12.5. The fourth-order valence-electron chi connectivity index (χ4n) is 3.43. The molecule has 0 aliphatic carbocycles. The molecular formula is C23H28N2O2S. The Labute approximate surface area is 171 Å². The van der Waals surface area contributed by atoms with Crippen LogP contribution in [0.15, 0.2) is 48.5 Å². The largest absolute Gasteiger partial charge is 0.326 e. The van der Waals surface area contributed by atoms with Crippen molar-refractivity contribution in [2.24, 2.45) is 0 Å². The van der Waals surface area contributed by atoms with Crippen LogP contribution >= 0.6 is 11.8 Å². The molecule has 5 heteroatoms. The van der Waals surface area contributed by atoms with Gasteiger partial charge in [-0.15, -0.1) is 11.8 Å². The molecule has 0 radical (unpaired) electrons. The molecule has 2 amide bonds. The summed E-state index contributed by atoms with van der Waals surface area (Å²) in [6.07, 6.45) is 4.91. The van der Waals surface area contributed by atoms with E-state index in [1.807, 2.05) is 60.4 Å². The summed E-state index contributed by atoms with van der Waals surface area (Å²) in [5.74, 6) is 0.636. The van der Waals surface area contributed by atoms with Gasteiger partial charge in [0.15, 0.2) is 0 Å². The van der Waals surface area contributed by atoms with Crippen LogP contribution in [0.1, 0.15) is 55.5 Å². The molecule has 0 spiro atoms. The Morgan fingerprint density at radius 2 is 1.96 bits per heavy atom. The number of carbonyl (C=O) groups excluding carboxylic acids is 2. The molecule has 0 aromatic heterocycles. The van der Waals surface area contributed by atoms with Crippen molar-refractivity contribution in [1.29, 1.82) is 0 Å². The molecule has 1 N–H and O–H groups in total. The number of aryl methyl sites for hydroxylation is 1. The molecule has 3 rings (SSSR count). The zero-order valence-corrected chi connectivity index (χ0v) is 17.4. The lowest BCUT2D eigenvalue weighted by Crippen LogP contribution is -2.27. The lowest BCUT2D eigenvalue weighted by atomic mass is 10.1. The standard InChI is InChI=1S/C23H28N2O2S/c1-3-4-5-6-13-21(26)24-19-11-8-10-18(15-19)23-25(22(27)16-28-23)20-12-7-9-17(2)14-20/h7-12,14-15,23H,3-6,13,16H2,1-2H3,(H,24,26)/t23-/m0/s1. The molecule has 0 bridgehead atoms. The number of benzene rings is 2. The molecule has 1 aliphatic heterocycles.